The molecule has 1 aliphatic heterocycles. The van der Waals surface area contributed by atoms with E-state index >= 15 is 0 Å². The number of likely N-dealkylation sites (N-methyl/N-ethyl adjacent to an activating group) is 1. The van der Waals surface area contributed by atoms with Gasteiger partial charge in [0.25, 0.3) is 0 Å². The van der Waals surface area contributed by atoms with Gasteiger partial charge in [0.2, 0.25) is 0 Å². The van der Waals surface area contributed by atoms with E-state index in [1.165, 1.54) is 16.9 Å². The van der Waals surface area contributed by atoms with E-state index < -0.39 is 0 Å². The molecule has 2 N–H and O–H groups in total. The van der Waals surface area contributed by atoms with Crippen molar-refractivity contribution in [1.82, 2.24) is 9.88 Å². The highest BCUT2D eigenvalue weighted by Crippen LogP contribution is 2.35. The van der Waals surface area contributed by atoms with Gasteiger partial charge in [0.15, 0.2) is 0 Å². The average molecular weight is 305 g/mol. The summed E-state index contributed by atoms with van der Waals surface area (Å²) < 4.78 is 5.24. The van der Waals surface area contributed by atoms with Gasteiger partial charge in [-0.15, -0.1) is 11.3 Å². The smallest absolute Gasteiger partial charge is 0.350 e. The monoisotopic (exact) mass is 305 g/mol. The highest BCUT2D eigenvalue weighted by Gasteiger charge is 2.22. The van der Waals surface area contributed by atoms with Crippen molar-refractivity contribution in [1.29, 1.82) is 0 Å². The number of carbonyl (C=O) groups is 1. The van der Waals surface area contributed by atoms with Gasteiger partial charge in [0.1, 0.15) is 9.71 Å². The van der Waals surface area contributed by atoms with E-state index in [1.807, 2.05) is 13.8 Å². The molecule has 0 unspecified atom stereocenters. The van der Waals surface area contributed by atoms with Gasteiger partial charge >= 0.3 is 5.97 Å². The third-order valence-electron chi connectivity index (χ3n) is 3.59. The van der Waals surface area contributed by atoms with Crippen molar-refractivity contribution in [3.8, 4) is 0 Å². The quantitative estimate of drug-likeness (QED) is 0.863. The van der Waals surface area contributed by atoms with Crippen LogP contribution in [-0.2, 0) is 17.7 Å². The van der Waals surface area contributed by atoms with Crippen LogP contribution in [0.3, 0.4) is 0 Å². The van der Waals surface area contributed by atoms with Crippen molar-refractivity contribution in [3.63, 3.8) is 0 Å². The van der Waals surface area contributed by atoms with Crippen LogP contribution in [0.15, 0.2) is 6.07 Å². The maximum absolute atomic E-state index is 12.1. The fraction of sp³-hybridized carbons (Fsp3) is 0.467. The van der Waals surface area contributed by atoms with Crippen LogP contribution in [-0.4, -0.2) is 35.5 Å². The van der Waals surface area contributed by atoms with Crippen LogP contribution in [0.4, 0.5) is 5.69 Å². The Balaban J connectivity index is 2.06. The number of nitrogens with zero attached hydrogens (tertiary/aromatic N) is 2. The van der Waals surface area contributed by atoms with Crippen LogP contribution in [0, 0.1) is 0 Å². The van der Waals surface area contributed by atoms with Gasteiger partial charge in [-0.3, -0.25) is 0 Å². The summed E-state index contributed by atoms with van der Waals surface area (Å²) in [6, 6.07) is 2.07. The molecule has 2 aromatic heterocycles. The Hall–Kier alpha value is -1.66. The molecule has 21 heavy (non-hydrogen) atoms. The third-order valence-corrected chi connectivity index (χ3v) is 4.68. The van der Waals surface area contributed by atoms with Crippen molar-refractivity contribution in [3.05, 3.63) is 22.2 Å². The average Bonchev–Trinajstić information content (AvgIpc) is 2.73. The molecule has 112 valence electrons. The second kappa shape index (κ2) is 5.27. The molecule has 2 aromatic rings. The molecular formula is C15H19N3O2S. The number of nitrogens with two attached hydrogens (primary N) is 1. The standard InChI is InChI=1S/C15H19N3O2S/c1-8(2)20-15(19)13-12(16)10-6-9-7-18(3)5-4-11(9)17-14(10)21-13/h6,8H,4-5,7,16H2,1-3H3. The van der Waals surface area contributed by atoms with Crippen LogP contribution in [0.1, 0.15) is 34.8 Å². The van der Waals surface area contributed by atoms with Gasteiger partial charge in [-0.05, 0) is 32.5 Å². The molecule has 0 amide bonds. The summed E-state index contributed by atoms with van der Waals surface area (Å²) in [5.74, 6) is -0.361. The van der Waals surface area contributed by atoms with E-state index in [-0.39, 0.29) is 12.1 Å². The number of hydrogen-bond donors (Lipinski definition) is 1. The molecule has 5 nitrogen and oxygen atoms in total. The Kier molecular flexibility index (Phi) is 3.59. The molecule has 0 saturated heterocycles. The topological polar surface area (TPSA) is 68.4 Å². The van der Waals surface area contributed by atoms with Crippen LogP contribution in [0.25, 0.3) is 10.2 Å². The van der Waals surface area contributed by atoms with Crippen molar-refractivity contribution < 1.29 is 9.53 Å². The summed E-state index contributed by atoms with van der Waals surface area (Å²) in [7, 11) is 2.09. The number of thiophene rings is 1. The van der Waals surface area contributed by atoms with Crippen LogP contribution in [0.5, 0.6) is 0 Å². The van der Waals surface area contributed by atoms with E-state index in [0.29, 0.717) is 10.6 Å². The van der Waals surface area contributed by atoms with E-state index in [1.54, 1.807) is 0 Å². The highest BCUT2D eigenvalue weighted by molar-refractivity contribution is 7.21. The van der Waals surface area contributed by atoms with E-state index in [2.05, 4.69) is 18.0 Å². The Labute approximate surface area is 127 Å². The molecular weight excluding hydrogens is 286 g/mol. The first-order valence-electron chi connectivity index (χ1n) is 7.06. The maximum atomic E-state index is 12.1. The Morgan fingerprint density at radius 2 is 2.29 bits per heavy atom. The number of esters is 1. The Bertz CT molecular complexity index is 708. The van der Waals surface area contributed by atoms with Crippen molar-refractivity contribution >= 4 is 33.2 Å². The summed E-state index contributed by atoms with van der Waals surface area (Å²) >= 11 is 1.32. The van der Waals surface area contributed by atoms with Crippen LogP contribution in [0.2, 0.25) is 0 Å². The first kappa shape index (κ1) is 14.3. The van der Waals surface area contributed by atoms with Gasteiger partial charge in [0.05, 0.1) is 11.8 Å². The van der Waals surface area contributed by atoms with Gasteiger partial charge in [-0.1, -0.05) is 0 Å². The Morgan fingerprint density at radius 3 is 3.00 bits per heavy atom. The molecule has 0 aliphatic carbocycles. The summed E-state index contributed by atoms with van der Waals surface area (Å²) in [5, 5.41) is 0.866. The van der Waals surface area contributed by atoms with Crippen molar-refractivity contribution in [2.24, 2.45) is 0 Å². The lowest BCUT2D eigenvalue weighted by Crippen LogP contribution is -2.27. The summed E-state index contributed by atoms with van der Waals surface area (Å²) in [6.07, 6.45) is 0.780. The van der Waals surface area contributed by atoms with Crippen molar-refractivity contribution in [2.45, 2.75) is 32.9 Å². The predicted molar refractivity (Wildman–Crippen MR) is 84.6 cm³/mol. The zero-order valence-electron chi connectivity index (χ0n) is 12.5. The first-order chi connectivity index (χ1) is 9.95. The van der Waals surface area contributed by atoms with E-state index in [4.69, 9.17) is 15.5 Å². The van der Waals surface area contributed by atoms with Crippen LogP contribution >= 0.6 is 11.3 Å². The second-order valence-corrected chi connectivity index (χ2v) is 6.73. The lowest BCUT2D eigenvalue weighted by atomic mass is 10.0. The number of hydrogen-bond acceptors (Lipinski definition) is 6. The molecule has 0 atom stereocenters. The molecule has 0 spiro atoms. The van der Waals surface area contributed by atoms with E-state index in [9.17, 15) is 4.79 Å². The molecule has 0 saturated carbocycles. The normalized spacial score (nSPS) is 15.4. The molecule has 0 fully saturated rings. The summed E-state index contributed by atoms with van der Waals surface area (Å²) in [6.45, 7) is 5.54. The fourth-order valence-electron chi connectivity index (χ4n) is 2.56. The second-order valence-electron chi connectivity index (χ2n) is 5.73. The minimum absolute atomic E-state index is 0.156. The Morgan fingerprint density at radius 1 is 1.52 bits per heavy atom. The van der Waals surface area contributed by atoms with E-state index in [0.717, 1.165) is 35.4 Å². The number of rotatable bonds is 2. The number of nitrogen functional groups attached to an aromatic ring is 1. The number of carbonyl (C=O) groups excluding carboxylic acids is 1. The number of pyridine rings is 1. The number of fused-ring (bicyclic) bond motifs is 2. The van der Waals surface area contributed by atoms with Gasteiger partial charge in [-0.25, -0.2) is 9.78 Å². The lowest BCUT2D eigenvalue weighted by Gasteiger charge is -2.24. The molecule has 0 bridgehead atoms. The maximum Gasteiger partial charge on any atom is 0.350 e. The SMILES string of the molecule is CC(C)OC(=O)c1sc2nc3c(cc2c1N)CN(C)CC3. The number of ether oxygens (including phenoxy) is 1. The molecule has 3 rings (SSSR count). The molecule has 0 radical (unpaired) electrons. The minimum atomic E-state index is -0.361. The van der Waals surface area contributed by atoms with Gasteiger partial charge in [-0.2, -0.15) is 0 Å². The molecule has 0 aromatic carbocycles. The zero-order valence-corrected chi connectivity index (χ0v) is 13.3. The third kappa shape index (κ3) is 2.61. The first-order valence-corrected chi connectivity index (χ1v) is 7.87. The van der Waals surface area contributed by atoms with Gasteiger partial charge < -0.3 is 15.4 Å². The molecule has 6 heteroatoms. The van der Waals surface area contributed by atoms with Crippen LogP contribution < -0.4 is 5.73 Å². The largest absolute Gasteiger partial charge is 0.459 e. The van der Waals surface area contributed by atoms with Crippen molar-refractivity contribution in [2.75, 3.05) is 19.3 Å². The number of anilines is 1. The fourth-order valence-corrected chi connectivity index (χ4v) is 3.54. The minimum Gasteiger partial charge on any atom is -0.459 e. The number of aromatic nitrogens is 1. The highest BCUT2D eigenvalue weighted by atomic mass is 32.1. The summed E-state index contributed by atoms with van der Waals surface area (Å²) in [5.41, 5.74) is 8.94. The van der Waals surface area contributed by atoms with Gasteiger partial charge in [0, 0.05) is 30.6 Å². The lowest BCUT2D eigenvalue weighted by molar-refractivity contribution is 0.0385. The molecule has 1 aliphatic rings. The zero-order chi connectivity index (χ0) is 15.1. The summed E-state index contributed by atoms with van der Waals surface area (Å²) in [4.78, 5) is 20.3. The predicted octanol–water partition coefficient (Wildman–Crippen LogP) is 2.43. The molecule has 3 heterocycles.